The van der Waals surface area contributed by atoms with Crippen molar-refractivity contribution in [1.82, 2.24) is 10.2 Å². The largest absolute Gasteiger partial charge is 0.423 e. The average molecular weight is 297 g/mol. The van der Waals surface area contributed by atoms with Crippen molar-refractivity contribution in [2.24, 2.45) is 17.8 Å². The monoisotopic (exact) mass is 297 g/mol. The molecule has 4 rings (SSSR count). The maximum Gasteiger partial charge on any atom is 0.247 e. The van der Waals surface area contributed by atoms with Gasteiger partial charge in [-0.2, -0.15) is 0 Å². The van der Waals surface area contributed by atoms with Gasteiger partial charge in [0.25, 0.3) is 0 Å². The van der Waals surface area contributed by atoms with Crippen LogP contribution in [0.4, 0.5) is 5.69 Å². The molecule has 5 heteroatoms. The highest BCUT2D eigenvalue weighted by Crippen LogP contribution is 2.49. The first-order valence-corrected chi connectivity index (χ1v) is 7.94. The van der Waals surface area contributed by atoms with Gasteiger partial charge >= 0.3 is 0 Å². The zero-order chi connectivity index (χ0) is 14.9. The van der Waals surface area contributed by atoms with Crippen LogP contribution in [-0.4, -0.2) is 16.1 Å². The summed E-state index contributed by atoms with van der Waals surface area (Å²) >= 11 is 0. The Kier molecular flexibility index (Phi) is 3.41. The lowest BCUT2D eigenvalue weighted by atomic mass is 9.86. The Hall–Kier alpha value is -2.17. The summed E-state index contributed by atoms with van der Waals surface area (Å²) in [5.41, 5.74) is 1.60. The van der Waals surface area contributed by atoms with Crippen molar-refractivity contribution in [2.75, 3.05) is 5.32 Å². The number of rotatable bonds is 4. The normalized spacial score (nSPS) is 26.3. The van der Waals surface area contributed by atoms with Crippen molar-refractivity contribution in [3.63, 3.8) is 0 Å². The number of carbonyl (C=O) groups excluding carboxylic acids is 1. The first-order chi connectivity index (χ1) is 10.8. The quantitative estimate of drug-likeness (QED) is 0.937. The van der Waals surface area contributed by atoms with Crippen molar-refractivity contribution >= 4 is 11.6 Å². The third-order valence-corrected chi connectivity index (χ3v) is 5.09. The predicted octanol–water partition coefficient (Wildman–Crippen LogP) is 3.50. The third kappa shape index (κ3) is 2.63. The van der Waals surface area contributed by atoms with Gasteiger partial charge in [0, 0.05) is 17.7 Å². The van der Waals surface area contributed by atoms with E-state index in [1.165, 1.54) is 32.1 Å². The van der Waals surface area contributed by atoms with Crippen LogP contribution in [0.2, 0.25) is 0 Å². The van der Waals surface area contributed by atoms with E-state index in [0.717, 1.165) is 23.1 Å². The standard InChI is InChI=1S/C17H19N3O2/c21-16(9-14-7-11-4-5-12(14)6-11)19-15-3-1-2-13(8-15)17-20-18-10-22-17/h1-3,8,10-12,14H,4-7,9H2,(H,19,21)/t11-,12-,14-/m0/s1. The summed E-state index contributed by atoms with van der Waals surface area (Å²) in [5.74, 6) is 2.81. The van der Waals surface area contributed by atoms with Crippen molar-refractivity contribution in [3.8, 4) is 11.5 Å². The minimum Gasteiger partial charge on any atom is -0.423 e. The molecule has 0 saturated heterocycles. The van der Waals surface area contributed by atoms with Gasteiger partial charge in [-0.1, -0.05) is 12.5 Å². The third-order valence-electron chi connectivity index (χ3n) is 5.09. The van der Waals surface area contributed by atoms with Crippen molar-refractivity contribution in [1.29, 1.82) is 0 Å². The predicted molar refractivity (Wildman–Crippen MR) is 81.9 cm³/mol. The molecule has 1 aromatic carbocycles. The van der Waals surface area contributed by atoms with E-state index in [1.807, 2.05) is 24.3 Å². The second-order valence-corrected chi connectivity index (χ2v) is 6.51. The highest BCUT2D eigenvalue weighted by molar-refractivity contribution is 5.91. The van der Waals surface area contributed by atoms with Gasteiger partial charge in [0.15, 0.2) is 0 Å². The molecule has 0 aliphatic heterocycles. The summed E-state index contributed by atoms with van der Waals surface area (Å²) in [6, 6.07) is 7.52. The van der Waals surface area contributed by atoms with E-state index in [9.17, 15) is 4.79 Å². The Labute approximate surface area is 129 Å². The SMILES string of the molecule is O=C(C[C@@H]1C[C@H]2CC[C@H]1C2)Nc1cccc(-c2nnco2)c1. The zero-order valence-electron chi connectivity index (χ0n) is 12.4. The summed E-state index contributed by atoms with van der Waals surface area (Å²) < 4.78 is 5.19. The molecule has 2 aliphatic rings. The van der Waals surface area contributed by atoms with Crippen LogP contribution in [0.1, 0.15) is 32.1 Å². The van der Waals surface area contributed by atoms with E-state index >= 15 is 0 Å². The Morgan fingerprint density at radius 3 is 3.00 bits per heavy atom. The lowest BCUT2D eigenvalue weighted by molar-refractivity contribution is -0.117. The summed E-state index contributed by atoms with van der Waals surface area (Å²) in [5, 5.41) is 10.6. The summed E-state index contributed by atoms with van der Waals surface area (Å²) in [6.45, 7) is 0. The molecule has 2 aliphatic carbocycles. The van der Waals surface area contributed by atoms with E-state index in [4.69, 9.17) is 4.42 Å². The number of nitrogens with one attached hydrogen (secondary N) is 1. The molecule has 0 spiro atoms. The van der Waals surface area contributed by atoms with Crippen LogP contribution in [0.5, 0.6) is 0 Å². The van der Waals surface area contributed by atoms with Gasteiger partial charge in [0.2, 0.25) is 18.2 Å². The Morgan fingerprint density at radius 1 is 1.32 bits per heavy atom. The highest BCUT2D eigenvalue weighted by atomic mass is 16.4. The van der Waals surface area contributed by atoms with Crippen LogP contribution in [0, 0.1) is 17.8 Å². The maximum absolute atomic E-state index is 12.3. The molecule has 22 heavy (non-hydrogen) atoms. The molecule has 3 atom stereocenters. The number of anilines is 1. The van der Waals surface area contributed by atoms with Crippen molar-refractivity contribution in [3.05, 3.63) is 30.7 Å². The Morgan fingerprint density at radius 2 is 2.27 bits per heavy atom. The van der Waals surface area contributed by atoms with Gasteiger partial charge in [-0.25, -0.2) is 0 Å². The fourth-order valence-electron chi connectivity index (χ4n) is 4.11. The molecule has 2 fully saturated rings. The number of amides is 1. The number of fused-ring (bicyclic) bond motifs is 2. The molecule has 114 valence electrons. The second kappa shape index (κ2) is 5.55. The van der Waals surface area contributed by atoms with E-state index in [0.29, 0.717) is 18.2 Å². The molecule has 2 aromatic rings. The van der Waals surface area contributed by atoms with E-state index in [-0.39, 0.29) is 5.91 Å². The van der Waals surface area contributed by atoms with Crippen LogP contribution in [0.3, 0.4) is 0 Å². The average Bonchev–Trinajstić information content (AvgIpc) is 3.25. The van der Waals surface area contributed by atoms with Gasteiger partial charge in [-0.3, -0.25) is 4.79 Å². The molecular weight excluding hydrogens is 278 g/mol. The first-order valence-electron chi connectivity index (χ1n) is 7.94. The molecule has 2 bridgehead atoms. The number of hydrogen-bond acceptors (Lipinski definition) is 4. The summed E-state index contributed by atoms with van der Waals surface area (Å²) in [4.78, 5) is 12.3. The zero-order valence-corrected chi connectivity index (χ0v) is 12.4. The van der Waals surface area contributed by atoms with Crippen molar-refractivity contribution < 1.29 is 9.21 Å². The highest BCUT2D eigenvalue weighted by Gasteiger charge is 2.40. The van der Waals surface area contributed by atoms with E-state index in [2.05, 4.69) is 15.5 Å². The number of hydrogen-bond donors (Lipinski definition) is 1. The lowest BCUT2D eigenvalue weighted by Crippen LogP contribution is -2.20. The molecule has 1 amide bonds. The molecule has 1 heterocycles. The van der Waals surface area contributed by atoms with Crippen LogP contribution in [0.15, 0.2) is 35.1 Å². The van der Waals surface area contributed by atoms with Gasteiger partial charge in [-0.15, -0.1) is 10.2 Å². The van der Waals surface area contributed by atoms with Crippen molar-refractivity contribution in [2.45, 2.75) is 32.1 Å². The summed E-state index contributed by atoms with van der Waals surface area (Å²) in [6.07, 6.45) is 7.21. The van der Waals surface area contributed by atoms with E-state index in [1.54, 1.807) is 0 Å². The lowest BCUT2D eigenvalue weighted by Gasteiger charge is -2.20. The van der Waals surface area contributed by atoms with Crippen LogP contribution < -0.4 is 5.32 Å². The van der Waals surface area contributed by atoms with Gasteiger partial charge in [-0.05, 0) is 55.2 Å². The molecule has 5 nitrogen and oxygen atoms in total. The van der Waals surface area contributed by atoms with Crippen LogP contribution >= 0.6 is 0 Å². The molecule has 0 unspecified atom stereocenters. The number of benzene rings is 1. The fraction of sp³-hybridized carbons (Fsp3) is 0.471. The number of carbonyl (C=O) groups is 1. The molecule has 2 saturated carbocycles. The minimum absolute atomic E-state index is 0.111. The van der Waals surface area contributed by atoms with E-state index < -0.39 is 0 Å². The van der Waals surface area contributed by atoms with Crippen LogP contribution in [0.25, 0.3) is 11.5 Å². The molecular formula is C17H19N3O2. The Bertz CT molecular complexity index is 668. The first kappa shape index (κ1) is 13.5. The van der Waals surface area contributed by atoms with Gasteiger partial charge in [0.05, 0.1) is 0 Å². The van der Waals surface area contributed by atoms with Gasteiger partial charge < -0.3 is 9.73 Å². The molecule has 1 N–H and O–H groups in total. The molecule has 1 aromatic heterocycles. The number of nitrogens with zero attached hydrogens (tertiary/aromatic N) is 2. The second-order valence-electron chi connectivity index (χ2n) is 6.51. The van der Waals surface area contributed by atoms with Crippen LogP contribution in [-0.2, 0) is 4.79 Å². The maximum atomic E-state index is 12.3. The summed E-state index contributed by atoms with van der Waals surface area (Å²) in [7, 11) is 0. The molecule has 0 radical (unpaired) electrons. The smallest absolute Gasteiger partial charge is 0.247 e. The minimum atomic E-state index is 0.111. The topological polar surface area (TPSA) is 68.0 Å². The number of aromatic nitrogens is 2. The van der Waals surface area contributed by atoms with Gasteiger partial charge in [0.1, 0.15) is 0 Å². The fourth-order valence-corrected chi connectivity index (χ4v) is 4.11. The Balaban J connectivity index is 1.40.